The predicted octanol–water partition coefficient (Wildman–Crippen LogP) is 2.18. The average molecular weight is 371 g/mol. The van der Waals surface area contributed by atoms with Crippen molar-refractivity contribution in [1.29, 1.82) is 0 Å². The van der Waals surface area contributed by atoms with Crippen molar-refractivity contribution >= 4 is 5.96 Å². The molecule has 7 nitrogen and oxygen atoms in total. The third kappa shape index (κ3) is 6.37. The highest BCUT2D eigenvalue weighted by Gasteiger charge is 2.15. The summed E-state index contributed by atoms with van der Waals surface area (Å²) in [6, 6.07) is 10.2. The molecule has 1 aromatic carbocycles. The minimum atomic E-state index is 0.571. The molecule has 1 aromatic heterocycles. The van der Waals surface area contributed by atoms with Gasteiger partial charge in [-0.15, -0.1) is 0 Å². The number of aliphatic imine (C=N–C) groups is 1. The largest absolute Gasteiger partial charge is 0.381 e. The van der Waals surface area contributed by atoms with Gasteiger partial charge in [-0.1, -0.05) is 30.3 Å². The molecule has 1 atom stereocenters. The Labute approximate surface area is 160 Å². The highest BCUT2D eigenvalue weighted by atomic mass is 16.5. The molecule has 2 heterocycles. The van der Waals surface area contributed by atoms with E-state index in [1.807, 2.05) is 24.4 Å². The molecule has 0 aliphatic carbocycles. The zero-order valence-electron chi connectivity index (χ0n) is 15.9. The number of ether oxygens (including phenoxy) is 2. The first-order valence-electron chi connectivity index (χ1n) is 9.54. The topological polar surface area (TPSA) is 83.6 Å². The maximum atomic E-state index is 5.71. The number of H-pyrrole nitrogens is 1. The van der Waals surface area contributed by atoms with Crippen molar-refractivity contribution in [3.05, 3.63) is 42.4 Å². The molecule has 0 amide bonds. The molecule has 2 aromatic rings. The lowest BCUT2D eigenvalue weighted by molar-refractivity contribution is 0.0888. The highest BCUT2D eigenvalue weighted by Crippen LogP contribution is 2.15. The molecule has 0 spiro atoms. The monoisotopic (exact) mass is 371 g/mol. The van der Waals surface area contributed by atoms with E-state index in [1.165, 1.54) is 0 Å². The van der Waals surface area contributed by atoms with Crippen molar-refractivity contribution in [1.82, 2.24) is 20.6 Å². The Morgan fingerprint density at radius 2 is 2.22 bits per heavy atom. The third-order valence-electron chi connectivity index (χ3n) is 4.50. The molecule has 3 rings (SSSR count). The number of aromatic nitrogens is 2. The molecular weight excluding hydrogens is 342 g/mol. The van der Waals surface area contributed by atoms with E-state index in [9.17, 15) is 0 Å². The van der Waals surface area contributed by atoms with Crippen molar-refractivity contribution in [2.45, 2.75) is 19.4 Å². The summed E-state index contributed by atoms with van der Waals surface area (Å²) >= 11 is 0. The summed E-state index contributed by atoms with van der Waals surface area (Å²) in [5.74, 6) is 2.21. The number of hydrogen-bond donors (Lipinski definition) is 3. The number of imidazole rings is 1. The fourth-order valence-electron chi connectivity index (χ4n) is 2.95. The fraction of sp³-hybridized carbons (Fsp3) is 0.500. The van der Waals surface area contributed by atoms with Crippen molar-refractivity contribution in [2.24, 2.45) is 10.9 Å². The summed E-state index contributed by atoms with van der Waals surface area (Å²) in [6.07, 6.45) is 3.91. The Morgan fingerprint density at radius 1 is 1.33 bits per heavy atom. The van der Waals surface area contributed by atoms with Gasteiger partial charge in [0.05, 0.1) is 31.6 Å². The van der Waals surface area contributed by atoms with Crippen LogP contribution >= 0.6 is 0 Å². The lowest BCUT2D eigenvalue weighted by atomic mass is 10.1. The van der Waals surface area contributed by atoms with Gasteiger partial charge in [0.15, 0.2) is 5.96 Å². The van der Waals surface area contributed by atoms with Gasteiger partial charge in [-0.3, -0.25) is 4.99 Å². The zero-order valence-corrected chi connectivity index (χ0v) is 15.9. The van der Waals surface area contributed by atoms with E-state index in [4.69, 9.17) is 9.47 Å². The van der Waals surface area contributed by atoms with Crippen LogP contribution in [0.15, 0.2) is 41.5 Å². The number of nitrogens with zero attached hydrogens (tertiary/aromatic N) is 2. The van der Waals surface area contributed by atoms with Gasteiger partial charge in [-0.2, -0.15) is 0 Å². The van der Waals surface area contributed by atoms with Crippen molar-refractivity contribution in [3.8, 4) is 11.3 Å². The van der Waals surface area contributed by atoms with Crippen molar-refractivity contribution < 1.29 is 9.47 Å². The van der Waals surface area contributed by atoms with Crippen LogP contribution < -0.4 is 10.6 Å². The van der Waals surface area contributed by atoms with Gasteiger partial charge < -0.3 is 25.1 Å². The predicted molar refractivity (Wildman–Crippen MR) is 107 cm³/mol. The van der Waals surface area contributed by atoms with Gasteiger partial charge in [-0.25, -0.2) is 4.98 Å². The SMILES string of the molecule is CN=C(NCCCOCC1CCOC1)NCc1ncc(-c2ccccc2)[nH]1. The van der Waals surface area contributed by atoms with Crippen LogP contribution in [0.4, 0.5) is 0 Å². The van der Waals surface area contributed by atoms with E-state index < -0.39 is 0 Å². The quantitative estimate of drug-likeness (QED) is 0.357. The first-order chi connectivity index (χ1) is 13.3. The number of benzene rings is 1. The van der Waals surface area contributed by atoms with E-state index in [0.717, 1.165) is 68.9 Å². The van der Waals surface area contributed by atoms with Crippen LogP contribution in [0.1, 0.15) is 18.7 Å². The number of hydrogen-bond acceptors (Lipinski definition) is 4. The van der Waals surface area contributed by atoms with Crippen LogP contribution in [0.3, 0.4) is 0 Å². The van der Waals surface area contributed by atoms with Gasteiger partial charge >= 0.3 is 0 Å². The lowest BCUT2D eigenvalue weighted by Crippen LogP contribution is -2.37. The van der Waals surface area contributed by atoms with Crippen LogP contribution in [0.5, 0.6) is 0 Å². The van der Waals surface area contributed by atoms with Gasteiger partial charge in [-0.05, 0) is 18.4 Å². The van der Waals surface area contributed by atoms with Crippen LogP contribution in [0, 0.1) is 5.92 Å². The summed E-state index contributed by atoms with van der Waals surface area (Å²) in [7, 11) is 1.77. The van der Waals surface area contributed by atoms with E-state index in [0.29, 0.717) is 12.5 Å². The molecule has 3 N–H and O–H groups in total. The Hall–Kier alpha value is -2.38. The Balaban J connectivity index is 1.31. The lowest BCUT2D eigenvalue weighted by Gasteiger charge is -2.12. The number of aromatic amines is 1. The summed E-state index contributed by atoms with van der Waals surface area (Å²) in [4.78, 5) is 12.0. The zero-order chi connectivity index (χ0) is 18.7. The second kappa shape index (κ2) is 10.7. The summed E-state index contributed by atoms with van der Waals surface area (Å²) in [5, 5.41) is 6.57. The molecule has 7 heteroatoms. The molecule has 1 fully saturated rings. The fourth-order valence-corrected chi connectivity index (χ4v) is 2.95. The maximum Gasteiger partial charge on any atom is 0.191 e. The van der Waals surface area contributed by atoms with Gasteiger partial charge in [0.2, 0.25) is 0 Å². The van der Waals surface area contributed by atoms with Crippen LogP contribution in [-0.4, -0.2) is 55.9 Å². The summed E-state index contributed by atoms with van der Waals surface area (Å²) in [6.45, 7) is 4.67. The van der Waals surface area contributed by atoms with Gasteiger partial charge in [0.25, 0.3) is 0 Å². The van der Waals surface area contributed by atoms with E-state index >= 15 is 0 Å². The minimum Gasteiger partial charge on any atom is -0.381 e. The molecule has 1 unspecified atom stereocenters. The molecule has 0 radical (unpaired) electrons. The normalized spacial score (nSPS) is 17.2. The van der Waals surface area contributed by atoms with Gasteiger partial charge in [0, 0.05) is 32.7 Å². The molecule has 146 valence electrons. The molecule has 0 bridgehead atoms. The van der Waals surface area contributed by atoms with Crippen LogP contribution in [0.2, 0.25) is 0 Å². The summed E-state index contributed by atoms with van der Waals surface area (Å²) < 4.78 is 11.1. The smallest absolute Gasteiger partial charge is 0.191 e. The average Bonchev–Trinajstić information content (AvgIpc) is 3.39. The second-order valence-electron chi connectivity index (χ2n) is 6.62. The van der Waals surface area contributed by atoms with E-state index in [2.05, 4.69) is 37.7 Å². The van der Waals surface area contributed by atoms with E-state index in [1.54, 1.807) is 7.05 Å². The number of rotatable bonds is 9. The molecule has 1 aliphatic rings. The van der Waals surface area contributed by atoms with Crippen LogP contribution in [0.25, 0.3) is 11.3 Å². The first-order valence-corrected chi connectivity index (χ1v) is 9.54. The molecule has 27 heavy (non-hydrogen) atoms. The second-order valence-corrected chi connectivity index (χ2v) is 6.62. The maximum absolute atomic E-state index is 5.71. The Morgan fingerprint density at radius 3 is 3.00 bits per heavy atom. The Bertz CT molecular complexity index is 695. The van der Waals surface area contributed by atoms with E-state index in [-0.39, 0.29) is 0 Å². The highest BCUT2D eigenvalue weighted by molar-refractivity contribution is 5.79. The number of guanidine groups is 1. The number of nitrogens with one attached hydrogen (secondary N) is 3. The van der Waals surface area contributed by atoms with Crippen molar-refractivity contribution in [2.75, 3.05) is 40.0 Å². The molecule has 1 aliphatic heterocycles. The summed E-state index contributed by atoms with van der Waals surface area (Å²) in [5.41, 5.74) is 2.14. The Kier molecular flexibility index (Phi) is 7.68. The minimum absolute atomic E-state index is 0.571. The molecular formula is C20H29N5O2. The van der Waals surface area contributed by atoms with Gasteiger partial charge in [0.1, 0.15) is 5.82 Å². The van der Waals surface area contributed by atoms with Crippen LogP contribution in [-0.2, 0) is 16.0 Å². The first kappa shape index (κ1) is 19.4. The molecule has 0 saturated carbocycles. The standard InChI is InChI=1S/C20H29N5O2/c1-21-20(22-9-5-10-26-14-16-8-11-27-15-16)24-13-19-23-12-18(25-19)17-6-3-2-4-7-17/h2-4,6-7,12,16H,5,8-11,13-15H2,1H3,(H,23,25)(H2,21,22,24). The molecule has 1 saturated heterocycles. The van der Waals surface area contributed by atoms with Crippen molar-refractivity contribution in [3.63, 3.8) is 0 Å². The third-order valence-corrected chi connectivity index (χ3v) is 4.50.